The summed E-state index contributed by atoms with van der Waals surface area (Å²) >= 11 is 0. The molecule has 1 heterocycles. The third kappa shape index (κ3) is 6.07. The Bertz CT molecular complexity index is 296. The van der Waals surface area contributed by atoms with Gasteiger partial charge in [-0.1, -0.05) is 20.8 Å². The minimum absolute atomic E-state index is 0.0792. The molecule has 3 nitrogen and oxygen atoms in total. The lowest BCUT2D eigenvalue weighted by atomic mass is 9.85. The van der Waals surface area contributed by atoms with Gasteiger partial charge in [-0.05, 0) is 71.5 Å². The fourth-order valence-electron chi connectivity index (χ4n) is 3.20. The molecule has 0 saturated carbocycles. The first-order chi connectivity index (χ1) is 9.99. The van der Waals surface area contributed by atoms with Gasteiger partial charge in [-0.15, -0.1) is 0 Å². The lowest BCUT2D eigenvalue weighted by molar-refractivity contribution is -0.125. The molecule has 0 bridgehead atoms. The molecule has 0 aromatic rings. The van der Waals surface area contributed by atoms with E-state index in [0.29, 0.717) is 17.7 Å². The molecule has 1 aliphatic heterocycles. The van der Waals surface area contributed by atoms with Gasteiger partial charge in [-0.3, -0.25) is 4.79 Å². The third-order valence-corrected chi connectivity index (χ3v) is 5.03. The molecule has 1 N–H and O–H groups in total. The number of carbonyl (C=O) groups is 1. The average Bonchev–Trinajstić information content (AvgIpc) is 2.50. The Morgan fingerprint density at radius 1 is 1.19 bits per heavy atom. The first-order valence-electron chi connectivity index (χ1n) is 9.00. The Labute approximate surface area is 131 Å². The smallest absolute Gasteiger partial charge is 0.152 e. The quantitative estimate of drug-likeness (QED) is 0.707. The number of hydrogen-bond donors (Lipinski definition) is 1. The van der Waals surface area contributed by atoms with Crippen LogP contribution in [0.1, 0.15) is 66.7 Å². The maximum absolute atomic E-state index is 12.6. The largest absolute Gasteiger partial charge is 0.307 e. The molecule has 1 aliphatic rings. The molecule has 1 rings (SSSR count). The van der Waals surface area contributed by atoms with Gasteiger partial charge < -0.3 is 10.2 Å². The fraction of sp³-hybridized carbons (Fsp3) is 0.944. The van der Waals surface area contributed by atoms with E-state index < -0.39 is 0 Å². The van der Waals surface area contributed by atoms with Crippen LogP contribution in [-0.2, 0) is 4.79 Å². The molecule has 21 heavy (non-hydrogen) atoms. The highest BCUT2D eigenvalue weighted by Crippen LogP contribution is 2.24. The molecule has 0 aliphatic carbocycles. The number of hydrogen-bond acceptors (Lipinski definition) is 3. The summed E-state index contributed by atoms with van der Waals surface area (Å²) in [6, 6.07) is 0.734. The summed E-state index contributed by atoms with van der Waals surface area (Å²) in [5, 5.41) is 3.50. The van der Waals surface area contributed by atoms with Crippen molar-refractivity contribution in [1.82, 2.24) is 10.2 Å². The summed E-state index contributed by atoms with van der Waals surface area (Å²) in [4.78, 5) is 15.1. The lowest BCUT2D eigenvalue weighted by Crippen LogP contribution is -2.44. The summed E-state index contributed by atoms with van der Waals surface area (Å²) in [7, 11) is 0. The summed E-state index contributed by atoms with van der Waals surface area (Å²) in [5.74, 6) is 1.33. The van der Waals surface area contributed by atoms with Gasteiger partial charge in [0.1, 0.15) is 0 Å². The van der Waals surface area contributed by atoms with Crippen LogP contribution in [-0.4, -0.2) is 42.4 Å². The van der Waals surface area contributed by atoms with Gasteiger partial charge in [-0.25, -0.2) is 0 Å². The molecule has 0 aromatic carbocycles. The molecule has 3 heteroatoms. The Balaban J connectivity index is 2.51. The van der Waals surface area contributed by atoms with Gasteiger partial charge >= 0.3 is 0 Å². The van der Waals surface area contributed by atoms with Gasteiger partial charge in [0.2, 0.25) is 0 Å². The highest BCUT2D eigenvalue weighted by Gasteiger charge is 2.28. The number of rotatable bonds is 9. The molecule has 0 radical (unpaired) electrons. The highest BCUT2D eigenvalue weighted by atomic mass is 16.1. The first-order valence-corrected chi connectivity index (χ1v) is 9.00. The third-order valence-electron chi connectivity index (χ3n) is 5.03. The zero-order chi connectivity index (χ0) is 15.8. The van der Waals surface area contributed by atoms with E-state index in [1.165, 1.54) is 25.9 Å². The molecule has 0 aromatic heterocycles. The Morgan fingerprint density at radius 3 is 2.29 bits per heavy atom. The monoisotopic (exact) mass is 296 g/mol. The van der Waals surface area contributed by atoms with Gasteiger partial charge in [0.25, 0.3) is 0 Å². The van der Waals surface area contributed by atoms with Crippen molar-refractivity contribution in [2.45, 2.75) is 78.8 Å². The van der Waals surface area contributed by atoms with Crippen LogP contribution >= 0.6 is 0 Å². The summed E-state index contributed by atoms with van der Waals surface area (Å²) < 4.78 is 0. The van der Waals surface area contributed by atoms with Crippen molar-refractivity contribution in [3.05, 3.63) is 0 Å². The fourth-order valence-corrected chi connectivity index (χ4v) is 3.20. The maximum Gasteiger partial charge on any atom is 0.152 e. The standard InChI is InChI=1S/C18H36N2O/c1-6-10-19-17(18(21)15(5)7-2)13-16-8-11-20(12-9-16)14(3)4/h14-17,19H,6-13H2,1-5H3. The Kier molecular flexibility index (Phi) is 8.50. The van der Waals surface area contributed by atoms with Crippen molar-refractivity contribution < 1.29 is 4.79 Å². The Morgan fingerprint density at radius 2 is 1.81 bits per heavy atom. The molecule has 1 fully saturated rings. The molecule has 0 amide bonds. The number of nitrogens with one attached hydrogen (secondary N) is 1. The van der Waals surface area contributed by atoms with Crippen molar-refractivity contribution in [2.24, 2.45) is 11.8 Å². The van der Waals surface area contributed by atoms with E-state index in [1.807, 2.05) is 0 Å². The van der Waals surface area contributed by atoms with Crippen molar-refractivity contribution in [3.63, 3.8) is 0 Å². The van der Waals surface area contributed by atoms with Crippen LogP contribution in [0.3, 0.4) is 0 Å². The van der Waals surface area contributed by atoms with Gasteiger partial charge in [0.15, 0.2) is 5.78 Å². The van der Waals surface area contributed by atoms with Crippen molar-refractivity contribution in [2.75, 3.05) is 19.6 Å². The highest BCUT2D eigenvalue weighted by molar-refractivity contribution is 5.86. The number of carbonyl (C=O) groups excluding carboxylic acids is 1. The lowest BCUT2D eigenvalue weighted by Gasteiger charge is -2.36. The summed E-state index contributed by atoms with van der Waals surface area (Å²) in [6.07, 6.45) is 5.58. The number of Topliss-reactive ketones (excluding diaryl/α,β-unsaturated/α-hetero) is 1. The van der Waals surface area contributed by atoms with E-state index in [-0.39, 0.29) is 12.0 Å². The second kappa shape index (κ2) is 9.58. The van der Waals surface area contributed by atoms with Crippen molar-refractivity contribution in [1.29, 1.82) is 0 Å². The summed E-state index contributed by atoms with van der Waals surface area (Å²) in [5.41, 5.74) is 0. The zero-order valence-electron chi connectivity index (χ0n) is 14.8. The van der Waals surface area contributed by atoms with E-state index in [2.05, 4.69) is 44.8 Å². The molecular formula is C18H36N2O. The van der Waals surface area contributed by atoms with Crippen LogP contribution in [0.5, 0.6) is 0 Å². The SMILES string of the molecule is CCCNC(CC1CCN(C(C)C)CC1)C(=O)C(C)CC. The molecule has 2 unspecified atom stereocenters. The normalized spacial score (nSPS) is 20.7. The van der Waals surface area contributed by atoms with Crippen LogP contribution in [0.25, 0.3) is 0 Å². The number of ketones is 1. The van der Waals surface area contributed by atoms with Crippen molar-refractivity contribution >= 4 is 5.78 Å². The van der Waals surface area contributed by atoms with E-state index in [1.54, 1.807) is 0 Å². The predicted octanol–water partition coefficient (Wildman–Crippen LogP) is 3.48. The van der Waals surface area contributed by atoms with Crippen LogP contribution in [0.2, 0.25) is 0 Å². The average molecular weight is 296 g/mol. The molecule has 1 saturated heterocycles. The predicted molar refractivity (Wildman–Crippen MR) is 90.6 cm³/mol. The Hall–Kier alpha value is -0.410. The number of likely N-dealkylation sites (tertiary alicyclic amines) is 1. The second-order valence-electron chi connectivity index (χ2n) is 7.03. The van der Waals surface area contributed by atoms with E-state index in [4.69, 9.17) is 0 Å². The van der Waals surface area contributed by atoms with Crippen molar-refractivity contribution in [3.8, 4) is 0 Å². The second-order valence-corrected chi connectivity index (χ2v) is 7.03. The minimum Gasteiger partial charge on any atom is -0.307 e. The first kappa shape index (κ1) is 18.6. The van der Waals surface area contributed by atoms with Crippen LogP contribution < -0.4 is 5.32 Å². The number of nitrogens with zero attached hydrogens (tertiary/aromatic N) is 1. The van der Waals surface area contributed by atoms with E-state index in [9.17, 15) is 4.79 Å². The number of piperidine rings is 1. The van der Waals surface area contributed by atoms with E-state index >= 15 is 0 Å². The molecular weight excluding hydrogens is 260 g/mol. The topological polar surface area (TPSA) is 32.3 Å². The van der Waals surface area contributed by atoms with Gasteiger partial charge in [0.05, 0.1) is 6.04 Å². The minimum atomic E-state index is 0.0792. The summed E-state index contributed by atoms with van der Waals surface area (Å²) in [6.45, 7) is 14.2. The van der Waals surface area contributed by atoms with Crippen LogP contribution in [0.4, 0.5) is 0 Å². The van der Waals surface area contributed by atoms with Gasteiger partial charge in [0, 0.05) is 12.0 Å². The molecule has 124 valence electrons. The van der Waals surface area contributed by atoms with Crippen LogP contribution in [0.15, 0.2) is 0 Å². The van der Waals surface area contributed by atoms with E-state index in [0.717, 1.165) is 25.8 Å². The molecule has 0 spiro atoms. The zero-order valence-corrected chi connectivity index (χ0v) is 14.8. The van der Waals surface area contributed by atoms with Crippen LogP contribution in [0, 0.1) is 11.8 Å². The maximum atomic E-state index is 12.6. The van der Waals surface area contributed by atoms with Gasteiger partial charge in [-0.2, -0.15) is 0 Å². The molecule has 2 atom stereocenters.